The number of hydrogen-bond donors (Lipinski definition) is 2. The number of halogens is 1. The van der Waals surface area contributed by atoms with E-state index in [1.165, 1.54) is 45.3 Å². The van der Waals surface area contributed by atoms with Crippen LogP contribution in [-0.4, -0.2) is 50.7 Å². The van der Waals surface area contributed by atoms with Gasteiger partial charge >= 0.3 is 0 Å². The zero-order valence-corrected chi connectivity index (χ0v) is 18.6. The van der Waals surface area contributed by atoms with E-state index in [9.17, 15) is 0 Å². The van der Waals surface area contributed by atoms with Crippen LogP contribution in [0.15, 0.2) is 29.3 Å². The average Bonchev–Trinajstić information content (AvgIpc) is 2.91. The maximum atomic E-state index is 5.67. The zero-order chi connectivity index (χ0) is 17.7. The summed E-state index contributed by atoms with van der Waals surface area (Å²) >= 11 is 0. The molecule has 0 unspecified atom stereocenters. The van der Waals surface area contributed by atoms with Crippen LogP contribution in [0, 0.1) is 0 Å². The van der Waals surface area contributed by atoms with Crippen LogP contribution in [0.4, 0.5) is 0 Å². The van der Waals surface area contributed by atoms with Crippen LogP contribution in [0.5, 0.6) is 5.75 Å². The Morgan fingerprint density at radius 1 is 1.12 bits per heavy atom. The first-order valence-electron chi connectivity index (χ1n) is 9.71. The summed E-state index contributed by atoms with van der Waals surface area (Å²) in [5, 5.41) is 6.80. The van der Waals surface area contributed by atoms with E-state index in [1.807, 2.05) is 32.2 Å². The van der Waals surface area contributed by atoms with E-state index < -0.39 is 0 Å². The highest BCUT2D eigenvalue weighted by atomic mass is 127. The van der Waals surface area contributed by atoms with Crippen molar-refractivity contribution < 1.29 is 4.74 Å². The maximum Gasteiger partial charge on any atom is 0.191 e. The molecule has 1 aliphatic heterocycles. The lowest BCUT2D eigenvalue weighted by molar-refractivity contribution is 0.282. The number of para-hydroxylation sites is 1. The first-order chi connectivity index (χ1) is 12.3. The molecular weight excluding hydrogens is 439 g/mol. The Morgan fingerprint density at radius 2 is 1.85 bits per heavy atom. The molecule has 1 saturated heterocycles. The van der Waals surface area contributed by atoms with Crippen LogP contribution in [0.1, 0.15) is 44.6 Å². The van der Waals surface area contributed by atoms with Gasteiger partial charge in [0.2, 0.25) is 0 Å². The van der Waals surface area contributed by atoms with E-state index in [1.54, 1.807) is 0 Å². The van der Waals surface area contributed by atoms with Gasteiger partial charge in [0.05, 0.1) is 6.61 Å². The molecule has 6 heteroatoms. The number of ether oxygens (including phenoxy) is 1. The monoisotopic (exact) mass is 474 g/mol. The Morgan fingerprint density at radius 3 is 2.54 bits per heavy atom. The number of rotatable bonds is 8. The van der Waals surface area contributed by atoms with Gasteiger partial charge in [0.1, 0.15) is 5.75 Å². The zero-order valence-electron chi connectivity index (χ0n) is 16.3. The highest BCUT2D eigenvalue weighted by Gasteiger charge is 2.08. The Labute approximate surface area is 176 Å². The second kappa shape index (κ2) is 14.1. The highest BCUT2D eigenvalue weighted by Crippen LogP contribution is 2.17. The standard InChI is InChI=1S/C20H34N4O.HI/c1-3-25-19-12-7-6-11-18(19)17-23-20(21-2)22-13-10-16-24-14-8-4-5-9-15-24;/h6-7,11-12H,3-5,8-10,13-17H2,1-2H3,(H2,21,22,23);1H. The Hall–Kier alpha value is -1.02. The normalized spacial score (nSPS) is 15.7. The molecule has 0 amide bonds. The maximum absolute atomic E-state index is 5.67. The van der Waals surface area contributed by atoms with Gasteiger partial charge in [0, 0.05) is 25.7 Å². The van der Waals surface area contributed by atoms with Crippen molar-refractivity contribution in [1.82, 2.24) is 15.5 Å². The van der Waals surface area contributed by atoms with Crippen molar-refractivity contribution in [2.24, 2.45) is 4.99 Å². The fourth-order valence-electron chi connectivity index (χ4n) is 3.21. The fraction of sp³-hybridized carbons (Fsp3) is 0.650. The van der Waals surface area contributed by atoms with Crippen LogP contribution in [0.25, 0.3) is 0 Å². The van der Waals surface area contributed by atoms with Crippen LogP contribution in [0.2, 0.25) is 0 Å². The third-order valence-electron chi connectivity index (χ3n) is 4.58. The summed E-state index contributed by atoms with van der Waals surface area (Å²) in [5.74, 6) is 1.79. The molecular formula is C20H35IN4O. The molecule has 148 valence electrons. The summed E-state index contributed by atoms with van der Waals surface area (Å²) in [6.45, 7) is 8.06. The quantitative estimate of drug-likeness (QED) is 0.262. The average molecular weight is 474 g/mol. The van der Waals surface area contributed by atoms with Gasteiger partial charge in [-0.3, -0.25) is 4.99 Å². The molecule has 1 aromatic carbocycles. The lowest BCUT2D eigenvalue weighted by Gasteiger charge is -2.20. The van der Waals surface area contributed by atoms with E-state index in [4.69, 9.17) is 4.74 Å². The van der Waals surface area contributed by atoms with Gasteiger partial charge in [-0.05, 0) is 51.9 Å². The van der Waals surface area contributed by atoms with E-state index in [-0.39, 0.29) is 24.0 Å². The minimum atomic E-state index is 0. The Balaban J connectivity index is 0.00000338. The summed E-state index contributed by atoms with van der Waals surface area (Å²) in [7, 11) is 1.82. The predicted molar refractivity (Wildman–Crippen MR) is 121 cm³/mol. The summed E-state index contributed by atoms with van der Waals surface area (Å²) in [6, 6.07) is 8.14. The van der Waals surface area contributed by atoms with Crippen molar-refractivity contribution in [3.8, 4) is 5.75 Å². The lowest BCUT2D eigenvalue weighted by Crippen LogP contribution is -2.38. The molecule has 0 saturated carbocycles. The Kier molecular flexibility index (Phi) is 12.5. The first kappa shape index (κ1) is 23.0. The van der Waals surface area contributed by atoms with Gasteiger partial charge in [0.25, 0.3) is 0 Å². The molecule has 1 aliphatic rings. The van der Waals surface area contributed by atoms with Gasteiger partial charge in [-0.25, -0.2) is 0 Å². The topological polar surface area (TPSA) is 48.9 Å². The molecule has 2 rings (SSSR count). The van der Waals surface area contributed by atoms with Crippen molar-refractivity contribution in [3.05, 3.63) is 29.8 Å². The molecule has 0 aliphatic carbocycles. The van der Waals surface area contributed by atoms with E-state index in [2.05, 4.69) is 26.6 Å². The minimum absolute atomic E-state index is 0. The van der Waals surface area contributed by atoms with Crippen LogP contribution in [0.3, 0.4) is 0 Å². The number of likely N-dealkylation sites (tertiary alicyclic amines) is 1. The molecule has 0 atom stereocenters. The van der Waals surface area contributed by atoms with E-state index >= 15 is 0 Å². The van der Waals surface area contributed by atoms with E-state index in [0.29, 0.717) is 13.2 Å². The number of aliphatic imine (C=N–C) groups is 1. The number of nitrogens with zero attached hydrogens (tertiary/aromatic N) is 2. The molecule has 0 spiro atoms. The summed E-state index contributed by atoms with van der Waals surface area (Å²) in [6.07, 6.45) is 6.66. The second-order valence-corrected chi connectivity index (χ2v) is 6.50. The smallest absolute Gasteiger partial charge is 0.191 e. The molecule has 2 N–H and O–H groups in total. The van der Waals surface area contributed by atoms with Crippen molar-refractivity contribution in [2.45, 2.75) is 45.6 Å². The van der Waals surface area contributed by atoms with Crippen molar-refractivity contribution in [3.63, 3.8) is 0 Å². The third kappa shape index (κ3) is 8.58. The number of nitrogens with one attached hydrogen (secondary N) is 2. The minimum Gasteiger partial charge on any atom is -0.494 e. The first-order valence-corrected chi connectivity index (χ1v) is 9.71. The van der Waals surface area contributed by atoms with Crippen LogP contribution < -0.4 is 15.4 Å². The lowest BCUT2D eigenvalue weighted by atomic mass is 10.2. The molecule has 1 aromatic rings. The SMILES string of the molecule is CCOc1ccccc1CNC(=NC)NCCCN1CCCCCC1.I. The van der Waals surface area contributed by atoms with Gasteiger partial charge in [-0.15, -0.1) is 24.0 Å². The van der Waals surface area contributed by atoms with Crippen LogP contribution >= 0.6 is 24.0 Å². The molecule has 0 radical (unpaired) electrons. The molecule has 1 fully saturated rings. The molecule has 5 nitrogen and oxygen atoms in total. The van der Waals surface area contributed by atoms with Gasteiger partial charge in [-0.2, -0.15) is 0 Å². The predicted octanol–water partition coefficient (Wildman–Crippen LogP) is 3.63. The second-order valence-electron chi connectivity index (χ2n) is 6.50. The van der Waals surface area contributed by atoms with Gasteiger partial charge < -0.3 is 20.3 Å². The van der Waals surface area contributed by atoms with Crippen molar-refractivity contribution in [1.29, 1.82) is 0 Å². The van der Waals surface area contributed by atoms with Crippen LogP contribution in [-0.2, 0) is 6.54 Å². The summed E-state index contributed by atoms with van der Waals surface area (Å²) < 4.78 is 5.67. The number of benzene rings is 1. The number of hydrogen-bond acceptors (Lipinski definition) is 3. The van der Waals surface area contributed by atoms with Gasteiger partial charge in [-0.1, -0.05) is 31.0 Å². The van der Waals surface area contributed by atoms with Gasteiger partial charge in [0.15, 0.2) is 5.96 Å². The van der Waals surface area contributed by atoms with Crippen molar-refractivity contribution >= 4 is 29.9 Å². The molecule has 1 heterocycles. The third-order valence-corrected chi connectivity index (χ3v) is 4.58. The molecule has 0 aromatic heterocycles. The Bertz CT molecular complexity index is 516. The summed E-state index contributed by atoms with van der Waals surface area (Å²) in [5.41, 5.74) is 1.15. The summed E-state index contributed by atoms with van der Waals surface area (Å²) in [4.78, 5) is 6.92. The highest BCUT2D eigenvalue weighted by molar-refractivity contribution is 14.0. The largest absolute Gasteiger partial charge is 0.494 e. The fourth-order valence-corrected chi connectivity index (χ4v) is 3.21. The van der Waals surface area contributed by atoms with E-state index in [0.717, 1.165) is 30.2 Å². The van der Waals surface area contributed by atoms with Crippen molar-refractivity contribution in [2.75, 3.05) is 39.8 Å². The number of guanidine groups is 1. The molecule has 26 heavy (non-hydrogen) atoms. The molecule has 0 bridgehead atoms.